The van der Waals surface area contributed by atoms with Crippen LogP contribution in [0.25, 0.3) is 0 Å². The number of rotatable bonds is 53. The molecule has 0 N–H and O–H groups in total. The van der Waals surface area contributed by atoms with Gasteiger partial charge in [-0.1, -0.05) is 290 Å². The Balaban J connectivity index is 4.06. The largest absolute Gasteiger partial charge is 0.462 e. The number of carbonyl (C=O) groups is 3. The van der Waals surface area contributed by atoms with Crippen molar-refractivity contribution in [2.45, 2.75) is 335 Å². The summed E-state index contributed by atoms with van der Waals surface area (Å²) in [6.45, 7) is 6.66. The van der Waals surface area contributed by atoms with Gasteiger partial charge in [0.25, 0.3) is 0 Å². The van der Waals surface area contributed by atoms with Crippen LogP contribution in [-0.4, -0.2) is 37.2 Å². The fraction of sp³-hybridized carbons (Fsp3) is 0.947. The molecule has 0 saturated carbocycles. The molecule has 374 valence electrons. The molecule has 0 saturated heterocycles. The second-order valence-electron chi connectivity index (χ2n) is 19.6. The minimum atomic E-state index is -0.759. The third kappa shape index (κ3) is 51.3. The lowest BCUT2D eigenvalue weighted by Gasteiger charge is -2.18. The Kier molecular flexibility index (Phi) is 51.7. The molecule has 0 fully saturated rings. The first-order valence-electron chi connectivity index (χ1n) is 28.5. The topological polar surface area (TPSA) is 78.9 Å². The maximum Gasteiger partial charge on any atom is 0.306 e. The third-order valence-corrected chi connectivity index (χ3v) is 13.1. The first kappa shape index (κ1) is 61.4. The van der Waals surface area contributed by atoms with Gasteiger partial charge in [-0.2, -0.15) is 0 Å². The van der Waals surface area contributed by atoms with E-state index in [1.807, 2.05) is 0 Å². The van der Waals surface area contributed by atoms with Crippen molar-refractivity contribution >= 4 is 17.9 Å². The average molecular weight is 892 g/mol. The van der Waals surface area contributed by atoms with E-state index in [9.17, 15) is 14.4 Å². The van der Waals surface area contributed by atoms with Crippen molar-refractivity contribution in [2.24, 2.45) is 0 Å². The van der Waals surface area contributed by atoms with E-state index in [1.165, 1.54) is 231 Å². The van der Waals surface area contributed by atoms with Crippen LogP contribution in [0.15, 0.2) is 0 Å². The summed E-state index contributed by atoms with van der Waals surface area (Å²) in [5.74, 6) is -0.845. The number of carbonyl (C=O) groups excluding carboxylic acids is 3. The molecule has 0 aromatic carbocycles. The lowest BCUT2D eigenvalue weighted by molar-refractivity contribution is -0.167. The SMILES string of the molecule is CCCCCCCCCCCCCCCCCCCCCCCCCCC(=O)OCC(COC(=O)CCCCCCCCC)OC(=O)CCCCCCCCCCCCCCCC. The van der Waals surface area contributed by atoms with Gasteiger partial charge < -0.3 is 14.2 Å². The van der Waals surface area contributed by atoms with Crippen LogP contribution in [0.5, 0.6) is 0 Å². The molecule has 0 aliphatic heterocycles. The predicted octanol–water partition coefficient (Wildman–Crippen LogP) is 18.8. The van der Waals surface area contributed by atoms with E-state index in [4.69, 9.17) is 14.2 Å². The van der Waals surface area contributed by atoms with Crippen LogP contribution in [-0.2, 0) is 28.6 Å². The summed E-state index contributed by atoms with van der Waals surface area (Å²) in [4.78, 5) is 37.9. The van der Waals surface area contributed by atoms with Crippen molar-refractivity contribution in [3.05, 3.63) is 0 Å². The Bertz CT molecular complexity index is 936. The summed E-state index contributed by atoms with van der Waals surface area (Å²) in [6, 6.07) is 0. The first-order valence-corrected chi connectivity index (χ1v) is 28.5. The van der Waals surface area contributed by atoms with Crippen molar-refractivity contribution in [3.8, 4) is 0 Å². The van der Waals surface area contributed by atoms with Crippen LogP contribution in [0.2, 0.25) is 0 Å². The van der Waals surface area contributed by atoms with E-state index in [0.717, 1.165) is 57.8 Å². The molecule has 1 atom stereocenters. The van der Waals surface area contributed by atoms with E-state index in [2.05, 4.69) is 20.8 Å². The van der Waals surface area contributed by atoms with Crippen LogP contribution in [0, 0.1) is 0 Å². The summed E-state index contributed by atoms with van der Waals surface area (Å²) in [5.41, 5.74) is 0. The van der Waals surface area contributed by atoms with Gasteiger partial charge in [-0.3, -0.25) is 14.4 Å². The highest BCUT2D eigenvalue weighted by atomic mass is 16.6. The number of ether oxygens (including phenoxy) is 3. The Morgan fingerprint density at radius 1 is 0.254 bits per heavy atom. The minimum Gasteiger partial charge on any atom is -0.462 e. The highest BCUT2D eigenvalue weighted by Gasteiger charge is 2.19. The normalized spacial score (nSPS) is 11.9. The summed E-state index contributed by atoms with van der Waals surface area (Å²) in [6.07, 6.45) is 58.4. The maximum absolute atomic E-state index is 12.8. The number of hydrogen-bond donors (Lipinski definition) is 0. The molecule has 63 heavy (non-hydrogen) atoms. The molecule has 0 aliphatic carbocycles. The predicted molar refractivity (Wildman–Crippen MR) is 270 cm³/mol. The second kappa shape index (κ2) is 53.0. The molecular weight excluding hydrogens is 781 g/mol. The highest BCUT2D eigenvalue weighted by Crippen LogP contribution is 2.18. The molecule has 6 nitrogen and oxygen atoms in total. The van der Waals surface area contributed by atoms with Crippen molar-refractivity contribution < 1.29 is 28.6 Å². The van der Waals surface area contributed by atoms with Crippen LogP contribution >= 0.6 is 0 Å². The lowest BCUT2D eigenvalue weighted by Crippen LogP contribution is -2.30. The number of hydrogen-bond acceptors (Lipinski definition) is 6. The van der Waals surface area contributed by atoms with Crippen LogP contribution in [0.3, 0.4) is 0 Å². The zero-order valence-corrected chi connectivity index (χ0v) is 42.9. The fourth-order valence-corrected chi connectivity index (χ4v) is 8.80. The van der Waals surface area contributed by atoms with Gasteiger partial charge in [0.2, 0.25) is 0 Å². The zero-order chi connectivity index (χ0) is 45.8. The van der Waals surface area contributed by atoms with Gasteiger partial charge in [0, 0.05) is 19.3 Å². The lowest BCUT2D eigenvalue weighted by atomic mass is 10.0. The van der Waals surface area contributed by atoms with Crippen molar-refractivity contribution in [1.29, 1.82) is 0 Å². The van der Waals surface area contributed by atoms with E-state index in [0.29, 0.717) is 19.3 Å². The number of unbranched alkanes of at least 4 members (excludes halogenated alkanes) is 42. The Morgan fingerprint density at radius 3 is 0.635 bits per heavy atom. The smallest absolute Gasteiger partial charge is 0.306 e. The van der Waals surface area contributed by atoms with Gasteiger partial charge in [0.05, 0.1) is 0 Å². The average Bonchev–Trinajstić information content (AvgIpc) is 3.28. The van der Waals surface area contributed by atoms with Gasteiger partial charge in [-0.15, -0.1) is 0 Å². The Morgan fingerprint density at radius 2 is 0.429 bits per heavy atom. The molecule has 0 rings (SSSR count). The third-order valence-electron chi connectivity index (χ3n) is 13.1. The quantitative estimate of drug-likeness (QED) is 0.0344. The number of esters is 3. The molecule has 0 aromatic heterocycles. The molecule has 0 heterocycles. The van der Waals surface area contributed by atoms with Crippen LogP contribution < -0.4 is 0 Å². The summed E-state index contributed by atoms with van der Waals surface area (Å²) < 4.78 is 16.8. The summed E-state index contributed by atoms with van der Waals surface area (Å²) >= 11 is 0. The molecule has 0 aromatic rings. The molecule has 0 bridgehead atoms. The maximum atomic E-state index is 12.8. The van der Waals surface area contributed by atoms with E-state index < -0.39 is 6.10 Å². The fourth-order valence-electron chi connectivity index (χ4n) is 8.80. The summed E-state index contributed by atoms with van der Waals surface area (Å²) in [5, 5.41) is 0. The monoisotopic (exact) mass is 891 g/mol. The Labute approximate surface area is 393 Å². The van der Waals surface area contributed by atoms with E-state index in [1.54, 1.807) is 0 Å². The van der Waals surface area contributed by atoms with E-state index in [-0.39, 0.29) is 31.1 Å². The standard InChI is InChI=1S/C57H110O6/c1-4-7-10-13-16-18-20-22-24-25-26-27-28-29-30-31-32-33-35-36-38-41-44-47-50-56(59)62-53-54(52-61-55(58)49-46-43-40-15-12-9-6-3)63-57(60)51-48-45-42-39-37-34-23-21-19-17-14-11-8-5-2/h54H,4-53H2,1-3H3. The molecule has 0 aliphatic rings. The molecular formula is C57H110O6. The van der Waals surface area contributed by atoms with Crippen molar-refractivity contribution in [3.63, 3.8) is 0 Å². The van der Waals surface area contributed by atoms with Gasteiger partial charge in [-0.25, -0.2) is 0 Å². The zero-order valence-electron chi connectivity index (χ0n) is 42.9. The molecule has 0 radical (unpaired) electrons. The van der Waals surface area contributed by atoms with Crippen molar-refractivity contribution in [1.82, 2.24) is 0 Å². The van der Waals surface area contributed by atoms with Crippen molar-refractivity contribution in [2.75, 3.05) is 13.2 Å². The second-order valence-corrected chi connectivity index (χ2v) is 19.6. The minimum absolute atomic E-state index is 0.0621. The van der Waals surface area contributed by atoms with E-state index >= 15 is 0 Å². The van der Waals surface area contributed by atoms with Crippen LogP contribution in [0.4, 0.5) is 0 Å². The summed E-state index contributed by atoms with van der Waals surface area (Å²) in [7, 11) is 0. The molecule has 0 amide bonds. The molecule has 1 unspecified atom stereocenters. The van der Waals surface area contributed by atoms with Gasteiger partial charge in [0.1, 0.15) is 13.2 Å². The Hall–Kier alpha value is -1.59. The molecule has 0 spiro atoms. The molecule has 6 heteroatoms. The van der Waals surface area contributed by atoms with Crippen LogP contribution in [0.1, 0.15) is 329 Å². The first-order chi connectivity index (χ1) is 31.0. The highest BCUT2D eigenvalue weighted by molar-refractivity contribution is 5.71. The van der Waals surface area contributed by atoms with Gasteiger partial charge in [-0.05, 0) is 19.3 Å². The van der Waals surface area contributed by atoms with Gasteiger partial charge >= 0.3 is 17.9 Å². The van der Waals surface area contributed by atoms with Gasteiger partial charge in [0.15, 0.2) is 6.10 Å².